The molecule has 7 heteroatoms. The highest BCUT2D eigenvalue weighted by atomic mass is 35.5. The Bertz CT molecular complexity index is 1130. The van der Waals surface area contributed by atoms with E-state index in [1.165, 1.54) is 12.1 Å². The quantitative estimate of drug-likeness (QED) is 0.393. The van der Waals surface area contributed by atoms with E-state index in [9.17, 15) is 4.39 Å². The van der Waals surface area contributed by atoms with Crippen molar-refractivity contribution in [1.29, 1.82) is 0 Å². The van der Waals surface area contributed by atoms with Gasteiger partial charge in [-0.1, -0.05) is 11.6 Å². The first-order chi connectivity index (χ1) is 15.0. The molecule has 0 radical (unpaired) electrons. The molecule has 0 aliphatic heterocycles. The van der Waals surface area contributed by atoms with Crippen LogP contribution in [0.4, 0.5) is 15.8 Å². The molecule has 4 rings (SSSR count). The molecule has 0 aliphatic carbocycles. The van der Waals surface area contributed by atoms with Gasteiger partial charge in [0.05, 0.1) is 18.8 Å². The number of rotatable bonds is 7. The molecule has 158 valence electrons. The van der Waals surface area contributed by atoms with Crippen LogP contribution in [0.3, 0.4) is 0 Å². The summed E-state index contributed by atoms with van der Waals surface area (Å²) in [6, 6.07) is 18.1. The fourth-order valence-electron chi connectivity index (χ4n) is 3.42. The second kappa shape index (κ2) is 9.18. The number of nitrogens with zero attached hydrogens (tertiary/aromatic N) is 5. The zero-order chi connectivity index (χ0) is 21.8. The lowest BCUT2D eigenvalue weighted by Crippen LogP contribution is -2.19. The monoisotopic (exact) mass is 435 g/mol. The predicted molar refractivity (Wildman–Crippen MR) is 123 cm³/mol. The number of halogens is 2. The van der Waals surface area contributed by atoms with Crippen molar-refractivity contribution in [3.05, 3.63) is 102 Å². The topological polar surface area (TPSA) is 37.2 Å². The Balaban J connectivity index is 1.63. The number of pyridine rings is 1. The van der Waals surface area contributed by atoms with Crippen LogP contribution in [0.25, 0.3) is 5.69 Å². The summed E-state index contributed by atoms with van der Waals surface area (Å²) >= 11 is 6.08. The van der Waals surface area contributed by atoms with Crippen LogP contribution < -0.4 is 9.80 Å². The van der Waals surface area contributed by atoms with Gasteiger partial charge in [0.15, 0.2) is 0 Å². The van der Waals surface area contributed by atoms with Crippen molar-refractivity contribution in [3.63, 3.8) is 0 Å². The first-order valence-electron chi connectivity index (χ1n) is 9.90. The van der Waals surface area contributed by atoms with Crippen molar-refractivity contribution in [3.8, 4) is 5.69 Å². The zero-order valence-corrected chi connectivity index (χ0v) is 18.2. The van der Waals surface area contributed by atoms with E-state index in [4.69, 9.17) is 16.6 Å². The lowest BCUT2D eigenvalue weighted by molar-refractivity contribution is 0.627. The van der Waals surface area contributed by atoms with Crippen LogP contribution in [-0.2, 0) is 13.1 Å². The minimum atomic E-state index is -0.249. The summed E-state index contributed by atoms with van der Waals surface area (Å²) in [6.07, 6.45) is 5.61. The summed E-state index contributed by atoms with van der Waals surface area (Å²) in [5.74, 6) is 0.633. The van der Waals surface area contributed by atoms with Crippen LogP contribution in [0.1, 0.15) is 11.5 Å². The van der Waals surface area contributed by atoms with E-state index in [1.807, 2.05) is 55.4 Å². The van der Waals surface area contributed by atoms with Gasteiger partial charge < -0.3 is 14.4 Å². The molecule has 2 heterocycles. The lowest BCUT2D eigenvalue weighted by atomic mass is 10.3. The van der Waals surface area contributed by atoms with E-state index >= 15 is 0 Å². The third-order valence-corrected chi connectivity index (χ3v) is 5.33. The fourth-order valence-corrected chi connectivity index (χ4v) is 3.54. The summed E-state index contributed by atoms with van der Waals surface area (Å²) in [4.78, 5) is 13.2. The predicted octanol–water partition coefficient (Wildman–Crippen LogP) is 5.33. The van der Waals surface area contributed by atoms with Crippen LogP contribution in [0.2, 0.25) is 5.02 Å². The molecule has 0 aliphatic rings. The Morgan fingerprint density at radius 2 is 1.45 bits per heavy atom. The molecular formula is C24H23ClFN5. The average molecular weight is 436 g/mol. The maximum absolute atomic E-state index is 13.3. The minimum absolute atomic E-state index is 0.249. The molecule has 0 spiro atoms. The average Bonchev–Trinajstić information content (AvgIpc) is 3.17. The number of hydrogen-bond acceptors (Lipinski definition) is 4. The molecule has 0 fully saturated rings. The zero-order valence-electron chi connectivity index (χ0n) is 17.4. The standard InChI is InChI=1S/C24H23ClFN5/c1-29(22-11-13-27-14-12-22)15-20-16-31(23-7-3-18(25)4-8-23)24(28-20)17-30(2)21-9-5-19(26)6-10-21/h3-14,16H,15,17H2,1-2H3. The van der Waals surface area contributed by atoms with Crippen molar-refractivity contribution in [2.75, 3.05) is 23.9 Å². The van der Waals surface area contributed by atoms with E-state index in [1.54, 1.807) is 24.5 Å². The summed E-state index contributed by atoms with van der Waals surface area (Å²) in [6.45, 7) is 1.21. The Kier molecular flexibility index (Phi) is 6.18. The van der Waals surface area contributed by atoms with Gasteiger partial charge in [-0.2, -0.15) is 0 Å². The molecule has 5 nitrogen and oxygen atoms in total. The molecule has 0 bridgehead atoms. The highest BCUT2D eigenvalue weighted by Crippen LogP contribution is 2.21. The van der Waals surface area contributed by atoms with Gasteiger partial charge in [-0.15, -0.1) is 0 Å². The molecule has 0 saturated heterocycles. The summed E-state index contributed by atoms with van der Waals surface area (Å²) in [7, 11) is 4.00. The molecule has 2 aromatic carbocycles. The second-order valence-corrected chi connectivity index (χ2v) is 7.83. The van der Waals surface area contributed by atoms with E-state index in [0.717, 1.165) is 28.6 Å². The molecule has 0 atom stereocenters. The number of hydrogen-bond donors (Lipinski definition) is 0. The van der Waals surface area contributed by atoms with Crippen LogP contribution >= 0.6 is 11.6 Å². The maximum atomic E-state index is 13.3. The van der Waals surface area contributed by atoms with Crippen molar-refractivity contribution in [2.45, 2.75) is 13.1 Å². The largest absolute Gasteiger partial charge is 0.369 e. The minimum Gasteiger partial charge on any atom is -0.369 e. The molecule has 0 amide bonds. The van der Waals surface area contributed by atoms with Crippen molar-refractivity contribution in [2.24, 2.45) is 0 Å². The van der Waals surface area contributed by atoms with Crippen LogP contribution in [-0.4, -0.2) is 28.6 Å². The maximum Gasteiger partial charge on any atom is 0.133 e. The molecule has 0 saturated carbocycles. The van der Waals surface area contributed by atoms with Gasteiger partial charge in [-0.25, -0.2) is 9.37 Å². The van der Waals surface area contributed by atoms with Gasteiger partial charge in [0.1, 0.15) is 11.6 Å². The van der Waals surface area contributed by atoms with Gasteiger partial charge in [0.2, 0.25) is 0 Å². The van der Waals surface area contributed by atoms with E-state index in [2.05, 4.69) is 20.6 Å². The third-order valence-electron chi connectivity index (χ3n) is 5.08. The lowest BCUT2D eigenvalue weighted by Gasteiger charge is -2.19. The summed E-state index contributed by atoms with van der Waals surface area (Å²) in [5, 5.41) is 0.687. The first-order valence-corrected chi connectivity index (χ1v) is 10.3. The van der Waals surface area contributed by atoms with Crippen molar-refractivity contribution >= 4 is 23.0 Å². The number of benzene rings is 2. The first kappa shape index (κ1) is 20.9. The van der Waals surface area contributed by atoms with Crippen molar-refractivity contribution in [1.82, 2.24) is 14.5 Å². The molecule has 4 aromatic rings. The van der Waals surface area contributed by atoms with Crippen LogP contribution in [0, 0.1) is 5.82 Å². The third kappa shape index (κ3) is 5.03. The Hall–Kier alpha value is -3.38. The van der Waals surface area contributed by atoms with E-state index < -0.39 is 0 Å². The second-order valence-electron chi connectivity index (χ2n) is 7.39. The molecule has 0 N–H and O–H groups in total. The van der Waals surface area contributed by atoms with Gasteiger partial charge in [0, 0.05) is 54.8 Å². The Morgan fingerprint density at radius 1 is 0.839 bits per heavy atom. The molecular weight excluding hydrogens is 413 g/mol. The van der Waals surface area contributed by atoms with Crippen LogP contribution in [0.15, 0.2) is 79.3 Å². The SMILES string of the molecule is CN(Cc1cn(-c2ccc(Cl)cc2)c(CN(C)c2ccc(F)cc2)n1)c1ccncc1. The van der Waals surface area contributed by atoms with Gasteiger partial charge in [-0.05, 0) is 60.7 Å². The van der Waals surface area contributed by atoms with Gasteiger partial charge in [-0.3, -0.25) is 4.98 Å². The number of imidazole rings is 1. The molecule has 0 unspecified atom stereocenters. The van der Waals surface area contributed by atoms with Crippen LogP contribution in [0.5, 0.6) is 0 Å². The number of anilines is 2. The Labute approximate surface area is 186 Å². The normalized spacial score (nSPS) is 10.8. The number of aromatic nitrogens is 3. The smallest absolute Gasteiger partial charge is 0.133 e. The highest BCUT2D eigenvalue weighted by molar-refractivity contribution is 6.30. The summed E-state index contributed by atoms with van der Waals surface area (Å²) < 4.78 is 15.4. The highest BCUT2D eigenvalue weighted by Gasteiger charge is 2.14. The summed E-state index contributed by atoms with van der Waals surface area (Å²) in [5.41, 5.74) is 3.91. The molecule has 2 aromatic heterocycles. The van der Waals surface area contributed by atoms with E-state index in [0.29, 0.717) is 18.1 Å². The van der Waals surface area contributed by atoms with E-state index in [-0.39, 0.29) is 5.82 Å². The Morgan fingerprint density at radius 3 is 2.13 bits per heavy atom. The molecule has 31 heavy (non-hydrogen) atoms. The fraction of sp³-hybridized carbons (Fsp3) is 0.167. The van der Waals surface area contributed by atoms with Gasteiger partial charge in [0.25, 0.3) is 0 Å². The van der Waals surface area contributed by atoms with Crippen molar-refractivity contribution < 1.29 is 4.39 Å². The van der Waals surface area contributed by atoms with Gasteiger partial charge >= 0.3 is 0 Å².